The molecule has 0 saturated heterocycles. The number of ketones is 1. The molecule has 1 aliphatic carbocycles. The van der Waals surface area contributed by atoms with Gasteiger partial charge in [-0.1, -0.05) is 18.2 Å². The number of aliphatic carboxylic acids is 1. The predicted octanol–water partition coefficient (Wildman–Crippen LogP) is 2.97. The highest BCUT2D eigenvalue weighted by Crippen LogP contribution is 2.42. The Morgan fingerprint density at radius 3 is 1.95 bits per heavy atom. The number of carboxylic acids is 1. The maximum atomic E-state index is 12.7. The van der Waals surface area contributed by atoms with Gasteiger partial charge in [-0.05, 0) is 60.9 Å². The lowest BCUT2D eigenvalue weighted by Gasteiger charge is -2.42. The van der Waals surface area contributed by atoms with Crippen LogP contribution in [0.4, 0.5) is 0 Å². The maximum Gasteiger partial charge on any atom is 0.331 e. The van der Waals surface area contributed by atoms with Gasteiger partial charge in [-0.2, -0.15) is 0 Å². The normalized spacial score (nSPS) is 23.8. The molecule has 0 radical (unpaired) electrons. The highest BCUT2D eigenvalue weighted by atomic mass is 16.5. The molecule has 0 aliphatic heterocycles. The third-order valence-electron chi connectivity index (χ3n) is 6.38. The number of aliphatic hydroxyl groups is 1. The molecule has 3 unspecified atom stereocenters. The minimum absolute atomic E-state index is 0.119. The second-order valence-electron chi connectivity index (χ2n) is 9.31. The lowest BCUT2D eigenvalue weighted by atomic mass is 9.67. The molecule has 1 saturated carbocycles. The van der Waals surface area contributed by atoms with Gasteiger partial charge >= 0.3 is 11.9 Å². The second-order valence-corrected chi connectivity index (χ2v) is 9.31. The number of hydrogen-bond donors (Lipinski definition) is 6. The molecular weight excluding hydrogens is 484 g/mol. The summed E-state index contributed by atoms with van der Waals surface area (Å²) in [6, 6.07) is 7.93. The molecule has 2 aromatic carbocycles. The SMILES string of the molecule is C[C@]1(C(=O)O)CC(O)C(CC(=O)C=Cc2ccc(O)c(O)c2)C(OC(=O)C=Cc2ccc(O)c(O)c2)C1. The maximum absolute atomic E-state index is 12.7. The highest BCUT2D eigenvalue weighted by molar-refractivity contribution is 5.94. The summed E-state index contributed by atoms with van der Waals surface area (Å²) in [5.41, 5.74) is -0.543. The van der Waals surface area contributed by atoms with Crippen molar-refractivity contribution >= 4 is 29.9 Å². The van der Waals surface area contributed by atoms with Crippen LogP contribution < -0.4 is 0 Å². The summed E-state index contributed by atoms with van der Waals surface area (Å²) in [4.78, 5) is 37.0. The monoisotopic (exact) mass is 512 g/mol. The third kappa shape index (κ3) is 6.89. The molecule has 0 bridgehead atoms. The number of carbonyl (C=O) groups is 3. The van der Waals surface area contributed by atoms with Gasteiger partial charge in [-0.3, -0.25) is 9.59 Å². The number of phenols is 4. The zero-order valence-electron chi connectivity index (χ0n) is 19.9. The van der Waals surface area contributed by atoms with E-state index >= 15 is 0 Å². The molecular formula is C27H28O10. The molecule has 6 N–H and O–H groups in total. The minimum atomic E-state index is -1.38. The van der Waals surface area contributed by atoms with Crippen molar-refractivity contribution in [3.63, 3.8) is 0 Å². The van der Waals surface area contributed by atoms with E-state index in [1.54, 1.807) is 0 Å². The lowest BCUT2D eigenvalue weighted by Crippen LogP contribution is -2.49. The van der Waals surface area contributed by atoms with Crippen molar-refractivity contribution in [1.29, 1.82) is 0 Å². The fourth-order valence-electron chi connectivity index (χ4n) is 4.24. The lowest BCUT2D eigenvalue weighted by molar-refractivity contribution is -0.171. The van der Waals surface area contributed by atoms with E-state index in [-0.39, 0.29) is 42.3 Å². The number of esters is 1. The van der Waals surface area contributed by atoms with Crippen molar-refractivity contribution in [2.75, 3.05) is 0 Å². The van der Waals surface area contributed by atoms with Crippen LogP contribution in [0.2, 0.25) is 0 Å². The van der Waals surface area contributed by atoms with Crippen LogP contribution in [0.25, 0.3) is 12.2 Å². The summed E-state index contributed by atoms with van der Waals surface area (Å²) < 4.78 is 5.49. The van der Waals surface area contributed by atoms with E-state index in [4.69, 9.17) is 4.74 Å². The van der Waals surface area contributed by atoms with Crippen LogP contribution in [0.3, 0.4) is 0 Å². The van der Waals surface area contributed by atoms with Crippen LogP contribution >= 0.6 is 0 Å². The van der Waals surface area contributed by atoms with Crippen molar-refractivity contribution in [3.05, 3.63) is 59.7 Å². The summed E-state index contributed by atoms with van der Waals surface area (Å²) in [5, 5.41) is 58.4. The van der Waals surface area contributed by atoms with E-state index in [1.807, 2.05) is 0 Å². The zero-order chi connectivity index (χ0) is 27.3. The van der Waals surface area contributed by atoms with Crippen LogP contribution in [0.1, 0.15) is 37.3 Å². The topological polar surface area (TPSA) is 182 Å². The van der Waals surface area contributed by atoms with Crippen LogP contribution in [0, 0.1) is 11.3 Å². The first-order valence-corrected chi connectivity index (χ1v) is 11.4. The van der Waals surface area contributed by atoms with Crippen LogP contribution in [-0.2, 0) is 19.1 Å². The van der Waals surface area contributed by atoms with Crippen molar-refractivity contribution in [2.45, 2.75) is 38.4 Å². The fourth-order valence-corrected chi connectivity index (χ4v) is 4.24. The molecule has 196 valence electrons. The molecule has 0 aromatic heterocycles. The van der Waals surface area contributed by atoms with Crippen molar-refractivity contribution in [2.24, 2.45) is 11.3 Å². The average molecular weight is 513 g/mol. The molecule has 10 nitrogen and oxygen atoms in total. The first kappa shape index (κ1) is 27.3. The first-order valence-electron chi connectivity index (χ1n) is 11.4. The van der Waals surface area contributed by atoms with Crippen LogP contribution in [0.15, 0.2) is 48.6 Å². The Morgan fingerprint density at radius 2 is 1.43 bits per heavy atom. The van der Waals surface area contributed by atoms with Gasteiger partial charge in [0.2, 0.25) is 0 Å². The van der Waals surface area contributed by atoms with E-state index < -0.39 is 41.3 Å². The van der Waals surface area contributed by atoms with Crippen molar-refractivity contribution in [1.82, 2.24) is 0 Å². The van der Waals surface area contributed by atoms with E-state index in [2.05, 4.69) is 0 Å². The minimum Gasteiger partial charge on any atom is -0.504 e. The number of allylic oxidation sites excluding steroid dienone is 1. The van der Waals surface area contributed by atoms with Crippen LogP contribution in [0.5, 0.6) is 23.0 Å². The molecule has 1 aliphatic rings. The number of carboxylic acid groups (broad SMARTS) is 1. The average Bonchev–Trinajstić information content (AvgIpc) is 2.82. The van der Waals surface area contributed by atoms with Crippen LogP contribution in [-0.4, -0.2) is 60.6 Å². The van der Waals surface area contributed by atoms with E-state index in [0.29, 0.717) is 11.1 Å². The Labute approximate surface area is 212 Å². The first-order chi connectivity index (χ1) is 17.4. The zero-order valence-corrected chi connectivity index (χ0v) is 19.9. The quantitative estimate of drug-likeness (QED) is 0.175. The Hall–Kier alpha value is -4.31. The summed E-state index contributed by atoms with van der Waals surface area (Å²) >= 11 is 0. The number of rotatable bonds is 8. The number of carbonyl (C=O) groups excluding carboxylic acids is 2. The van der Waals surface area contributed by atoms with Crippen molar-refractivity contribution in [3.8, 4) is 23.0 Å². The molecule has 2 aromatic rings. The molecule has 37 heavy (non-hydrogen) atoms. The number of ether oxygens (including phenoxy) is 1. The van der Waals surface area contributed by atoms with Gasteiger partial charge < -0.3 is 35.4 Å². The Bertz CT molecular complexity index is 1250. The molecule has 4 atom stereocenters. The Balaban J connectivity index is 1.75. The Morgan fingerprint density at radius 1 is 0.892 bits per heavy atom. The summed E-state index contributed by atoms with van der Waals surface area (Å²) in [7, 11) is 0. The van der Waals surface area contributed by atoms with E-state index in [9.17, 15) is 45.0 Å². The standard InChI is InChI=1S/C27H28O10/c1-27(26(35)36)13-23(33)18(12-17(28)6-2-15-3-7-19(29)21(31)10-15)24(14-27)37-25(34)9-5-16-4-8-20(30)22(32)11-16/h2-11,18,23-24,29-33H,12-14H2,1H3,(H,35,36)/t18?,23?,24?,27-/m0/s1. The molecule has 0 amide bonds. The summed E-state index contributed by atoms with van der Waals surface area (Å²) in [6.45, 7) is 1.43. The van der Waals surface area contributed by atoms with Gasteiger partial charge in [-0.25, -0.2) is 4.79 Å². The number of hydrogen-bond acceptors (Lipinski definition) is 9. The number of phenolic OH excluding ortho intramolecular Hbond substituents is 4. The molecule has 3 rings (SSSR count). The number of benzene rings is 2. The largest absolute Gasteiger partial charge is 0.504 e. The smallest absolute Gasteiger partial charge is 0.331 e. The van der Waals surface area contributed by atoms with E-state index in [1.165, 1.54) is 61.5 Å². The van der Waals surface area contributed by atoms with E-state index in [0.717, 1.165) is 6.08 Å². The summed E-state index contributed by atoms with van der Waals surface area (Å²) in [5.74, 6) is -4.67. The second kappa shape index (κ2) is 11.2. The third-order valence-corrected chi connectivity index (χ3v) is 6.38. The van der Waals surface area contributed by atoms with Gasteiger partial charge in [0.1, 0.15) is 6.10 Å². The van der Waals surface area contributed by atoms with Gasteiger partial charge in [0.05, 0.1) is 11.5 Å². The van der Waals surface area contributed by atoms with Gasteiger partial charge in [0.15, 0.2) is 28.8 Å². The molecule has 1 fully saturated rings. The number of aliphatic hydroxyl groups excluding tert-OH is 1. The summed E-state index contributed by atoms with van der Waals surface area (Å²) in [6.07, 6.45) is 2.22. The van der Waals surface area contributed by atoms with Gasteiger partial charge in [0, 0.05) is 24.8 Å². The van der Waals surface area contributed by atoms with Gasteiger partial charge in [-0.15, -0.1) is 0 Å². The Kier molecular flexibility index (Phi) is 8.24. The van der Waals surface area contributed by atoms with Gasteiger partial charge in [0.25, 0.3) is 0 Å². The molecule has 0 spiro atoms. The molecule has 0 heterocycles. The number of aromatic hydroxyl groups is 4. The predicted molar refractivity (Wildman–Crippen MR) is 132 cm³/mol. The van der Waals surface area contributed by atoms with Crippen molar-refractivity contribution < 1.29 is 49.8 Å². The molecule has 10 heteroatoms. The highest BCUT2D eigenvalue weighted by Gasteiger charge is 2.49. The fraction of sp³-hybridized carbons (Fsp3) is 0.296.